The molecule has 0 amide bonds. The van der Waals surface area contributed by atoms with E-state index in [9.17, 15) is 5.11 Å². The first-order valence-electron chi connectivity index (χ1n) is 4.98. The predicted octanol–water partition coefficient (Wildman–Crippen LogP) is 3.76. The van der Waals surface area contributed by atoms with Crippen molar-refractivity contribution in [3.05, 3.63) is 39.8 Å². The molecule has 2 aromatic rings. The molecule has 0 fully saturated rings. The zero-order valence-corrected chi connectivity index (χ0v) is 11.5. The highest BCUT2D eigenvalue weighted by Gasteiger charge is 2.09. The number of hydrogen-bond donors (Lipinski definition) is 3. The summed E-state index contributed by atoms with van der Waals surface area (Å²) in [5.74, 6) is 0.767. The number of anilines is 2. The SMILES string of the molecule is Nc1ccc(Br)c(Oc2cc(N)c(Cl)c(O)c2)c1. The maximum Gasteiger partial charge on any atom is 0.143 e. The van der Waals surface area contributed by atoms with Crippen molar-refractivity contribution in [3.8, 4) is 17.2 Å². The van der Waals surface area contributed by atoms with Gasteiger partial charge in [0.1, 0.15) is 22.3 Å². The zero-order valence-electron chi connectivity index (χ0n) is 9.15. The Morgan fingerprint density at radius 1 is 1.17 bits per heavy atom. The molecule has 6 heteroatoms. The lowest BCUT2D eigenvalue weighted by Crippen LogP contribution is -1.92. The van der Waals surface area contributed by atoms with Gasteiger partial charge in [0, 0.05) is 23.9 Å². The van der Waals surface area contributed by atoms with Gasteiger partial charge in [0.25, 0.3) is 0 Å². The Bertz CT molecular complexity index is 582. The van der Waals surface area contributed by atoms with Gasteiger partial charge in [-0.2, -0.15) is 0 Å². The fourth-order valence-electron chi connectivity index (χ4n) is 1.39. The smallest absolute Gasteiger partial charge is 0.143 e. The summed E-state index contributed by atoms with van der Waals surface area (Å²) in [6.07, 6.45) is 0. The van der Waals surface area contributed by atoms with E-state index in [0.717, 1.165) is 4.47 Å². The molecule has 0 saturated heterocycles. The summed E-state index contributed by atoms with van der Waals surface area (Å²) in [7, 11) is 0. The number of rotatable bonds is 2. The maximum absolute atomic E-state index is 9.55. The normalized spacial score (nSPS) is 10.3. The van der Waals surface area contributed by atoms with Gasteiger partial charge in [0.15, 0.2) is 0 Å². The Balaban J connectivity index is 2.37. The molecule has 94 valence electrons. The first kappa shape index (κ1) is 12.9. The van der Waals surface area contributed by atoms with Crippen LogP contribution in [0.2, 0.25) is 5.02 Å². The fourth-order valence-corrected chi connectivity index (χ4v) is 1.83. The maximum atomic E-state index is 9.55. The van der Waals surface area contributed by atoms with Gasteiger partial charge in [-0.05, 0) is 28.1 Å². The van der Waals surface area contributed by atoms with E-state index in [4.69, 9.17) is 27.8 Å². The van der Waals surface area contributed by atoms with E-state index in [2.05, 4.69) is 15.9 Å². The molecule has 0 heterocycles. The summed E-state index contributed by atoms with van der Waals surface area (Å²) in [6.45, 7) is 0. The van der Waals surface area contributed by atoms with E-state index in [1.54, 1.807) is 18.2 Å². The Kier molecular flexibility index (Phi) is 3.54. The van der Waals surface area contributed by atoms with Crippen LogP contribution in [0.1, 0.15) is 0 Å². The van der Waals surface area contributed by atoms with Crippen molar-refractivity contribution < 1.29 is 9.84 Å². The number of aromatic hydroxyl groups is 1. The van der Waals surface area contributed by atoms with Crippen molar-refractivity contribution in [3.63, 3.8) is 0 Å². The lowest BCUT2D eigenvalue weighted by Gasteiger charge is -2.10. The van der Waals surface area contributed by atoms with Crippen LogP contribution in [0.3, 0.4) is 0 Å². The molecule has 0 unspecified atom stereocenters. The largest absolute Gasteiger partial charge is 0.506 e. The van der Waals surface area contributed by atoms with Crippen LogP contribution in [0.25, 0.3) is 0 Å². The van der Waals surface area contributed by atoms with Crippen LogP contribution in [0.5, 0.6) is 17.2 Å². The van der Waals surface area contributed by atoms with Crippen molar-refractivity contribution >= 4 is 38.9 Å². The molecule has 0 atom stereocenters. The van der Waals surface area contributed by atoms with Crippen molar-refractivity contribution in [1.82, 2.24) is 0 Å². The van der Waals surface area contributed by atoms with E-state index >= 15 is 0 Å². The van der Waals surface area contributed by atoms with E-state index in [1.165, 1.54) is 12.1 Å². The number of nitrogen functional groups attached to an aromatic ring is 2. The number of ether oxygens (including phenoxy) is 1. The van der Waals surface area contributed by atoms with Gasteiger partial charge in [0.05, 0.1) is 10.2 Å². The van der Waals surface area contributed by atoms with Gasteiger partial charge in [0.2, 0.25) is 0 Å². The Labute approximate surface area is 117 Å². The Hall–Kier alpha value is -1.59. The molecule has 0 aliphatic rings. The van der Waals surface area contributed by atoms with Gasteiger partial charge < -0.3 is 21.3 Å². The summed E-state index contributed by atoms with van der Waals surface area (Å²) in [5, 5.41) is 9.66. The molecule has 0 radical (unpaired) electrons. The highest BCUT2D eigenvalue weighted by Crippen LogP contribution is 2.37. The highest BCUT2D eigenvalue weighted by molar-refractivity contribution is 9.10. The highest BCUT2D eigenvalue weighted by atomic mass is 79.9. The van der Waals surface area contributed by atoms with E-state index in [0.29, 0.717) is 17.2 Å². The molecule has 0 saturated carbocycles. The minimum atomic E-state index is -0.133. The Morgan fingerprint density at radius 3 is 2.56 bits per heavy atom. The summed E-state index contributed by atoms with van der Waals surface area (Å²) >= 11 is 9.09. The summed E-state index contributed by atoms with van der Waals surface area (Å²) in [4.78, 5) is 0. The molecule has 2 rings (SSSR count). The van der Waals surface area contributed by atoms with Crippen LogP contribution in [0.15, 0.2) is 34.8 Å². The second kappa shape index (κ2) is 4.96. The standard InChI is InChI=1S/C12H10BrClN2O2/c13-8-2-1-6(15)3-11(8)18-7-4-9(16)12(14)10(17)5-7/h1-5,17H,15-16H2. The molecule has 0 aliphatic heterocycles. The van der Waals surface area contributed by atoms with Crippen LogP contribution >= 0.6 is 27.5 Å². The molecule has 0 bridgehead atoms. The van der Waals surface area contributed by atoms with Crippen LogP contribution < -0.4 is 16.2 Å². The molecule has 0 aromatic heterocycles. The molecule has 18 heavy (non-hydrogen) atoms. The average Bonchev–Trinajstić information content (AvgIpc) is 2.31. The van der Waals surface area contributed by atoms with Crippen molar-refractivity contribution in [2.24, 2.45) is 0 Å². The van der Waals surface area contributed by atoms with E-state index in [1.807, 2.05) is 0 Å². The number of phenolic OH excluding ortho intramolecular Hbond substituents is 1. The van der Waals surface area contributed by atoms with Crippen LogP contribution in [0, 0.1) is 0 Å². The van der Waals surface area contributed by atoms with Gasteiger partial charge >= 0.3 is 0 Å². The van der Waals surface area contributed by atoms with Gasteiger partial charge in [-0.25, -0.2) is 0 Å². The topological polar surface area (TPSA) is 81.5 Å². The second-order valence-electron chi connectivity index (χ2n) is 3.64. The quantitative estimate of drug-likeness (QED) is 0.733. The fraction of sp³-hybridized carbons (Fsp3) is 0. The predicted molar refractivity (Wildman–Crippen MR) is 76.2 cm³/mol. The minimum Gasteiger partial charge on any atom is -0.506 e. The number of phenols is 1. The van der Waals surface area contributed by atoms with Gasteiger partial charge in [-0.15, -0.1) is 0 Å². The van der Waals surface area contributed by atoms with Gasteiger partial charge in [-0.1, -0.05) is 11.6 Å². The average molecular weight is 330 g/mol. The molecule has 4 nitrogen and oxygen atoms in total. The van der Waals surface area contributed by atoms with Crippen LogP contribution in [0.4, 0.5) is 11.4 Å². The minimum absolute atomic E-state index is 0.106. The summed E-state index contributed by atoms with van der Waals surface area (Å²) < 4.78 is 6.32. The lowest BCUT2D eigenvalue weighted by molar-refractivity contribution is 0.455. The monoisotopic (exact) mass is 328 g/mol. The number of hydrogen-bond acceptors (Lipinski definition) is 4. The molecule has 0 aliphatic carbocycles. The third-order valence-corrected chi connectivity index (χ3v) is 3.31. The van der Waals surface area contributed by atoms with E-state index < -0.39 is 0 Å². The third-order valence-electron chi connectivity index (χ3n) is 2.24. The number of halogens is 2. The molecular weight excluding hydrogens is 320 g/mol. The molecular formula is C12H10BrClN2O2. The molecule has 5 N–H and O–H groups in total. The van der Waals surface area contributed by atoms with Crippen molar-refractivity contribution in [2.75, 3.05) is 11.5 Å². The number of nitrogens with two attached hydrogens (primary N) is 2. The molecule has 0 spiro atoms. The van der Waals surface area contributed by atoms with Crippen LogP contribution in [-0.4, -0.2) is 5.11 Å². The zero-order chi connectivity index (χ0) is 13.3. The van der Waals surface area contributed by atoms with Crippen LogP contribution in [-0.2, 0) is 0 Å². The summed E-state index contributed by atoms with van der Waals surface area (Å²) in [6, 6.07) is 8.08. The van der Waals surface area contributed by atoms with Crippen molar-refractivity contribution in [1.29, 1.82) is 0 Å². The second-order valence-corrected chi connectivity index (χ2v) is 4.87. The first-order chi connectivity index (χ1) is 8.47. The molecule has 2 aromatic carbocycles. The first-order valence-corrected chi connectivity index (χ1v) is 6.15. The Morgan fingerprint density at radius 2 is 1.89 bits per heavy atom. The van der Waals surface area contributed by atoms with Gasteiger partial charge in [-0.3, -0.25) is 0 Å². The van der Waals surface area contributed by atoms with E-state index in [-0.39, 0.29) is 16.5 Å². The summed E-state index contributed by atoms with van der Waals surface area (Å²) in [5.41, 5.74) is 12.1. The third kappa shape index (κ3) is 2.63. The lowest BCUT2D eigenvalue weighted by atomic mass is 10.2. The van der Waals surface area contributed by atoms with Crippen molar-refractivity contribution in [2.45, 2.75) is 0 Å². The number of benzene rings is 2.